The molecule has 1 aromatic heterocycles. The molecule has 0 spiro atoms. The second kappa shape index (κ2) is 4.39. The first-order chi connectivity index (χ1) is 7.77. The standard InChI is InChI=1S/C11H11N5/c12-9-6-7-14-11(10(9)13)16-15-8-4-2-1-3-5-8/h1-7H,13H2,(H2,12,14). The second-order valence-electron chi connectivity index (χ2n) is 3.17. The molecule has 0 amide bonds. The zero-order chi connectivity index (χ0) is 11.4. The van der Waals surface area contributed by atoms with Gasteiger partial charge in [0.2, 0.25) is 0 Å². The van der Waals surface area contributed by atoms with E-state index in [1.807, 2.05) is 30.3 Å². The van der Waals surface area contributed by atoms with Gasteiger partial charge in [0, 0.05) is 6.20 Å². The topological polar surface area (TPSA) is 89.6 Å². The van der Waals surface area contributed by atoms with Gasteiger partial charge in [-0.2, -0.15) is 0 Å². The fraction of sp³-hybridized carbons (Fsp3) is 0. The zero-order valence-electron chi connectivity index (χ0n) is 8.54. The van der Waals surface area contributed by atoms with Crippen LogP contribution < -0.4 is 11.5 Å². The van der Waals surface area contributed by atoms with Crippen molar-refractivity contribution in [2.75, 3.05) is 11.5 Å². The number of nitrogen functional groups attached to an aromatic ring is 2. The fourth-order valence-corrected chi connectivity index (χ4v) is 1.16. The molecule has 0 bridgehead atoms. The Morgan fingerprint density at radius 2 is 1.69 bits per heavy atom. The van der Waals surface area contributed by atoms with Gasteiger partial charge in [-0.1, -0.05) is 18.2 Å². The third kappa shape index (κ3) is 2.14. The van der Waals surface area contributed by atoms with Crippen molar-refractivity contribution in [3.05, 3.63) is 42.6 Å². The van der Waals surface area contributed by atoms with E-state index < -0.39 is 0 Å². The molecule has 0 atom stereocenters. The first-order valence-electron chi connectivity index (χ1n) is 4.74. The van der Waals surface area contributed by atoms with Crippen molar-refractivity contribution in [3.63, 3.8) is 0 Å². The first kappa shape index (κ1) is 10.1. The largest absolute Gasteiger partial charge is 0.397 e. The normalized spacial score (nSPS) is 10.8. The molecule has 16 heavy (non-hydrogen) atoms. The summed E-state index contributed by atoms with van der Waals surface area (Å²) < 4.78 is 0. The Morgan fingerprint density at radius 3 is 2.44 bits per heavy atom. The maximum atomic E-state index is 5.71. The predicted molar refractivity (Wildman–Crippen MR) is 63.7 cm³/mol. The van der Waals surface area contributed by atoms with Crippen LogP contribution in [0.1, 0.15) is 0 Å². The molecule has 2 aromatic rings. The van der Waals surface area contributed by atoms with E-state index in [-0.39, 0.29) is 0 Å². The van der Waals surface area contributed by atoms with Gasteiger partial charge in [-0.3, -0.25) is 0 Å². The Hall–Kier alpha value is -2.43. The molecule has 1 aromatic carbocycles. The van der Waals surface area contributed by atoms with E-state index in [9.17, 15) is 0 Å². The fourth-order valence-electron chi connectivity index (χ4n) is 1.16. The van der Waals surface area contributed by atoms with Crippen molar-refractivity contribution in [2.45, 2.75) is 0 Å². The Morgan fingerprint density at radius 1 is 0.938 bits per heavy atom. The van der Waals surface area contributed by atoms with Gasteiger partial charge in [-0.25, -0.2) is 4.98 Å². The van der Waals surface area contributed by atoms with Crippen LogP contribution in [0.5, 0.6) is 0 Å². The highest BCUT2D eigenvalue weighted by Gasteiger charge is 2.01. The first-order valence-corrected chi connectivity index (χ1v) is 4.74. The molecule has 5 heteroatoms. The smallest absolute Gasteiger partial charge is 0.199 e. The van der Waals surface area contributed by atoms with E-state index >= 15 is 0 Å². The van der Waals surface area contributed by atoms with Crippen LogP contribution >= 0.6 is 0 Å². The maximum Gasteiger partial charge on any atom is 0.199 e. The van der Waals surface area contributed by atoms with E-state index in [0.717, 1.165) is 5.69 Å². The molecule has 5 nitrogen and oxygen atoms in total. The number of pyridine rings is 1. The van der Waals surface area contributed by atoms with Gasteiger partial charge >= 0.3 is 0 Å². The lowest BCUT2D eigenvalue weighted by Gasteiger charge is -2.00. The van der Waals surface area contributed by atoms with E-state index in [0.29, 0.717) is 17.2 Å². The molecule has 0 saturated heterocycles. The highest BCUT2D eigenvalue weighted by atomic mass is 15.2. The Kier molecular flexibility index (Phi) is 2.77. The highest BCUT2D eigenvalue weighted by Crippen LogP contribution is 2.26. The van der Waals surface area contributed by atoms with Crippen LogP contribution in [-0.2, 0) is 0 Å². The lowest BCUT2D eigenvalue weighted by molar-refractivity contribution is 1.16. The summed E-state index contributed by atoms with van der Waals surface area (Å²) >= 11 is 0. The second-order valence-corrected chi connectivity index (χ2v) is 3.17. The molecule has 1 heterocycles. The minimum Gasteiger partial charge on any atom is -0.397 e. The minimum absolute atomic E-state index is 0.337. The summed E-state index contributed by atoms with van der Waals surface area (Å²) in [4.78, 5) is 3.99. The number of hydrogen-bond acceptors (Lipinski definition) is 5. The van der Waals surface area contributed by atoms with Crippen LogP contribution in [0.3, 0.4) is 0 Å². The van der Waals surface area contributed by atoms with Crippen molar-refractivity contribution in [2.24, 2.45) is 10.2 Å². The number of anilines is 2. The molecule has 0 unspecified atom stereocenters. The predicted octanol–water partition coefficient (Wildman–Crippen LogP) is 2.66. The van der Waals surface area contributed by atoms with Crippen molar-refractivity contribution in [3.8, 4) is 0 Å². The number of azo groups is 1. The number of benzene rings is 1. The SMILES string of the molecule is Nc1ccnc(N=Nc2ccccc2)c1N. The third-order valence-electron chi connectivity index (χ3n) is 2.02. The minimum atomic E-state index is 0.337. The lowest BCUT2D eigenvalue weighted by Crippen LogP contribution is -1.95. The highest BCUT2D eigenvalue weighted by molar-refractivity contribution is 5.72. The summed E-state index contributed by atoms with van der Waals surface area (Å²) in [7, 11) is 0. The summed E-state index contributed by atoms with van der Waals surface area (Å²) in [5.41, 5.74) is 12.9. The molecular weight excluding hydrogens is 202 g/mol. The summed E-state index contributed by atoms with van der Waals surface area (Å²) in [6, 6.07) is 11.0. The van der Waals surface area contributed by atoms with E-state index in [1.54, 1.807) is 12.3 Å². The van der Waals surface area contributed by atoms with Gasteiger partial charge in [0.25, 0.3) is 0 Å². The van der Waals surface area contributed by atoms with Gasteiger partial charge < -0.3 is 11.5 Å². The third-order valence-corrected chi connectivity index (χ3v) is 2.02. The number of nitrogens with zero attached hydrogens (tertiary/aromatic N) is 3. The van der Waals surface area contributed by atoms with E-state index in [2.05, 4.69) is 15.2 Å². The average Bonchev–Trinajstić information content (AvgIpc) is 2.32. The van der Waals surface area contributed by atoms with Crippen LogP contribution in [-0.4, -0.2) is 4.98 Å². The molecule has 0 aliphatic rings. The van der Waals surface area contributed by atoms with Crippen LogP contribution in [0.15, 0.2) is 52.8 Å². The molecule has 4 N–H and O–H groups in total. The van der Waals surface area contributed by atoms with Gasteiger partial charge in [0.1, 0.15) is 5.69 Å². The summed E-state index contributed by atoms with van der Waals surface area (Å²) in [5, 5.41) is 7.95. The van der Waals surface area contributed by atoms with Crippen molar-refractivity contribution in [1.82, 2.24) is 4.98 Å². The maximum absolute atomic E-state index is 5.71. The number of rotatable bonds is 2. The number of nitrogens with two attached hydrogens (primary N) is 2. The molecule has 0 aliphatic heterocycles. The number of aromatic nitrogens is 1. The van der Waals surface area contributed by atoms with Gasteiger partial charge in [-0.15, -0.1) is 10.2 Å². The molecule has 0 radical (unpaired) electrons. The molecular formula is C11H11N5. The molecule has 0 aliphatic carbocycles. The lowest BCUT2D eigenvalue weighted by atomic mass is 10.3. The van der Waals surface area contributed by atoms with Gasteiger partial charge in [0.05, 0.1) is 11.4 Å². The summed E-state index contributed by atoms with van der Waals surface area (Å²) in [6.45, 7) is 0. The van der Waals surface area contributed by atoms with Crippen molar-refractivity contribution < 1.29 is 0 Å². The Labute approximate surface area is 92.8 Å². The van der Waals surface area contributed by atoms with E-state index in [1.165, 1.54) is 0 Å². The molecule has 80 valence electrons. The van der Waals surface area contributed by atoms with Crippen LogP contribution in [0, 0.1) is 0 Å². The van der Waals surface area contributed by atoms with E-state index in [4.69, 9.17) is 11.5 Å². The van der Waals surface area contributed by atoms with Crippen LogP contribution in [0.4, 0.5) is 22.9 Å². The van der Waals surface area contributed by atoms with Crippen LogP contribution in [0.2, 0.25) is 0 Å². The van der Waals surface area contributed by atoms with Gasteiger partial charge in [0.15, 0.2) is 5.82 Å². The number of hydrogen-bond donors (Lipinski definition) is 2. The summed E-state index contributed by atoms with van der Waals surface area (Å²) in [6.07, 6.45) is 1.55. The molecule has 0 fully saturated rings. The Bertz CT molecular complexity index is 507. The molecule has 0 saturated carbocycles. The quantitative estimate of drug-likeness (QED) is 0.751. The van der Waals surface area contributed by atoms with Crippen molar-refractivity contribution >= 4 is 22.9 Å². The monoisotopic (exact) mass is 213 g/mol. The Balaban J connectivity index is 2.28. The van der Waals surface area contributed by atoms with Gasteiger partial charge in [-0.05, 0) is 18.2 Å². The average molecular weight is 213 g/mol. The zero-order valence-corrected chi connectivity index (χ0v) is 8.54. The summed E-state index contributed by atoms with van der Waals surface area (Å²) in [5.74, 6) is 0.337. The van der Waals surface area contributed by atoms with Crippen molar-refractivity contribution in [1.29, 1.82) is 0 Å². The molecule has 2 rings (SSSR count). The van der Waals surface area contributed by atoms with Crippen LogP contribution in [0.25, 0.3) is 0 Å².